The molecule has 0 radical (unpaired) electrons. The van der Waals surface area contributed by atoms with Crippen molar-refractivity contribution < 1.29 is 9.84 Å². The van der Waals surface area contributed by atoms with Crippen LogP contribution in [-0.2, 0) is 4.74 Å². The molecule has 1 fully saturated rings. The molecule has 0 bridgehead atoms. The Morgan fingerprint density at radius 2 is 2.00 bits per heavy atom. The molecule has 96 valence electrons. The summed E-state index contributed by atoms with van der Waals surface area (Å²) in [6, 6.07) is 0. The molecular formula is C13H27NO2. The zero-order valence-corrected chi connectivity index (χ0v) is 10.8. The van der Waals surface area contributed by atoms with Gasteiger partial charge in [-0.2, -0.15) is 0 Å². The van der Waals surface area contributed by atoms with Crippen LogP contribution in [0.25, 0.3) is 0 Å². The second-order valence-corrected chi connectivity index (χ2v) is 5.16. The van der Waals surface area contributed by atoms with Crippen LogP contribution in [0.2, 0.25) is 0 Å². The lowest BCUT2D eigenvalue weighted by atomic mass is 9.77. The van der Waals surface area contributed by atoms with E-state index in [2.05, 4.69) is 19.2 Å². The van der Waals surface area contributed by atoms with Crippen molar-refractivity contribution in [2.24, 2.45) is 5.92 Å². The van der Waals surface area contributed by atoms with Gasteiger partial charge in [0.1, 0.15) is 0 Å². The smallest absolute Gasteiger partial charge is 0.0613 e. The second kappa shape index (κ2) is 7.25. The van der Waals surface area contributed by atoms with Crippen LogP contribution in [0.3, 0.4) is 0 Å². The predicted octanol–water partition coefficient (Wildman–Crippen LogP) is 1.94. The van der Waals surface area contributed by atoms with Gasteiger partial charge in [0.2, 0.25) is 0 Å². The molecule has 0 aliphatic heterocycles. The first-order valence-electron chi connectivity index (χ1n) is 6.66. The molecule has 2 N–H and O–H groups in total. The van der Waals surface area contributed by atoms with Crippen LogP contribution in [0.15, 0.2) is 0 Å². The molecule has 1 aliphatic carbocycles. The topological polar surface area (TPSA) is 41.5 Å². The first kappa shape index (κ1) is 13.9. The maximum absolute atomic E-state index is 9.53. The summed E-state index contributed by atoms with van der Waals surface area (Å²) in [5.41, 5.74) is -0.0257. The SMILES string of the molecule is CCCOCCNC1(CO)CCC(C)CC1. The van der Waals surface area contributed by atoms with Crippen molar-refractivity contribution in [3.05, 3.63) is 0 Å². The van der Waals surface area contributed by atoms with Gasteiger partial charge in [0.05, 0.1) is 13.2 Å². The number of hydrogen-bond donors (Lipinski definition) is 2. The average molecular weight is 229 g/mol. The maximum Gasteiger partial charge on any atom is 0.0613 e. The first-order valence-corrected chi connectivity index (χ1v) is 6.66. The summed E-state index contributed by atoms with van der Waals surface area (Å²) in [7, 11) is 0. The third kappa shape index (κ3) is 4.40. The molecule has 1 aliphatic rings. The summed E-state index contributed by atoms with van der Waals surface area (Å²) < 4.78 is 5.44. The van der Waals surface area contributed by atoms with Crippen LogP contribution in [0.5, 0.6) is 0 Å². The van der Waals surface area contributed by atoms with Crippen molar-refractivity contribution in [2.45, 2.75) is 51.5 Å². The van der Waals surface area contributed by atoms with Gasteiger partial charge in [0.15, 0.2) is 0 Å². The molecule has 1 saturated carbocycles. The van der Waals surface area contributed by atoms with Crippen molar-refractivity contribution in [3.63, 3.8) is 0 Å². The van der Waals surface area contributed by atoms with Crippen molar-refractivity contribution in [2.75, 3.05) is 26.4 Å². The van der Waals surface area contributed by atoms with E-state index in [1.807, 2.05) is 0 Å². The predicted molar refractivity (Wildman–Crippen MR) is 66.6 cm³/mol. The molecule has 16 heavy (non-hydrogen) atoms. The number of aliphatic hydroxyl groups is 1. The Bertz CT molecular complexity index is 177. The number of ether oxygens (including phenoxy) is 1. The summed E-state index contributed by atoms with van der Waals surface area (Å²) in [6.07, 6.45) is 5.71. The van der Waals surface area contributed by atoms with Gasteiger partial charge in [-0.25, -0.2) is 0 Å². The monoisotopic (exact) mass is 229 g/mol. The molecule has 0 aromatic carbocycles. The lowest BCUT2D eigenvalue weighted by molar-refractivity contribution is 0.0841. The van der Waals surface area contributed by atoms with Gasteiger partial charge in [0.25, 0.3) is 0 Å². The number of aliphatic hydroxyl groups excluding tert-OH is 1. The Morgan fingerprint density at radius 3 is 2.56 bits per heavy atom. The van der Waals surface area contributed by atoms with Gasteiger partial charge in [0, 0.05) is 18.7 Å². The molecule has 0 aromatic heterocycles. The van der Waals surface area contributed by atoms with E-state index in [-0.39, 0.29) is 12.1 Å². The summed E-state index contributed by atoms with van der Waals surface area (Å²) in [5, 5.41) is 13.0. The fourth-order valence-corrected chi connectivity index (χ4v) is 2.34. The Morgan fingerprint density at radius 1 is 1.31 bits per heavy atom. The number of nitrogens with one attached hydrogen (secondary N) is 1. The summed E-state index contributed by atoms with van der Waals surface area (Å²) in [6.45, 7) is 7.12. The molecule has 0 spiro atoms. The summed E-state index contributed by atoms with van der Waals surface area (Å²) in [5.74, 6) is 0.817. The molecular weight excluding hydrogens is 202 g/mol. The Balaban J connectivity index is 2.20. The van der Waals surface area contributed by atoms with Crippen molar-refractivity contribution in [1.29, 1.82) is 0 Å². The van der Waals surface area contributed by atoms with Gasteiger partial charge in [-0.15, -0.1) is 0 Å². The normalized spacial score (nSPS) is 30.6. The fourth-order valence-electron chi connectivity index (χ4n) is 2.34. The van der Waals surface area contributed by atoms with Crippen LogP contribution in [0.4, 0.5) is 0 Å². The minimum atomic E-state index is -0.0257. The third-order valence-electron chi connectivity index (χ3n) is 3.63. The van der Waals surface area contributed by atoms with E-state index in [1.165, 1.54) is 12.8 Å². The van der Waals surface area contributed by atoms with Crippen LogP contribution in [0, 0.1) is 5.92 Å². The summed E-state index contributed by atoms with van der Waals surface area (Å²) >= 11 is 0. The van der Waals surface area contributed by atoms with Crippen LogP contribution < -0.4 is 5.32 Å². The van der Waals surface area contributed by atoms with Gasteiger partial charge < -0.3 is 15.2 Å². The van der Waals surface area contributed by atoms with Crippen molar-refractivity contribution in [3.8, 4) is 0 Å². The highest BCUT2D eigenvalue weighted by atomic mass is 16.5. The van der Waals surface area contributed by atoms with E-state index < -0.39 is 0 Å². The number of hydrogen-bond acceptors (Lipinski definition) is 3. The van der Waals surface area contributed by atoms with Gasteiger partial charge in [-0.05, 0) is 38.0 Å². The minimum Gasteiger partial charge on any atom is -0.394 e. The Hall–Kier alpha value is -0.120. The largest absolute Gasteiger partial charge is 0.394 e. The zero-order valence-electron chi connectivity index (χ0n) is 10.8. The Labute approximate surface area is 99.6 Å². The number of rotatable bonds is 7. The highest BCUT2D eigenvalue weighted by Gasteiger charge is 2.32. The van der Waals surface area contributed by atoms with Crippen molar-refractivity contribution in [1.82, 2.24) is 5.32 Å². The third-order valence-corrected chi connectivity index (χ3v) is 3.63. The molecule has 0 saturated heterocycles. The van der Waals surface area contributed by atoms with E-state index in [0.29, 0.717) is 0 Å². The van der Waals surface area contributed by atoms with E-state index >= 15 is 0 Å². The average Bonchev–Trinajstić information content (AvgIpc) is 2.32. The molecule has 0 unspecified atom stereocenters. The summed E-state index contributed by atoms with van der Waals surface area (Å²) in [4.78, 5) is 0. The molecule has 3 nitrogen and oxygen atoms in total. The van der Waals surface area contributed by atoms with Crippen LogP contribution in [0.1, 0.15) is 46.0 Å². The first-order chi connectivity index (χ1) is 7.72. The second-order valence-electron chi connectivity index (χ2n) is 5.16. The van der Waals surface area contributed by atoms with Gasteiger partial charge in [-0.1, -0.05) is 13.8 Å². The van der Waals surface area contributed by atoms with Crippen LogP contribution in [-0.4, -0.2) is 37.0 Å². The van der Waals surface area contributed by atoms with E-state index in [1.54, 1.807) is 0 Å². The lowest BCUT2D eigenvalue weighted by Crippen LogP contribution is -2.51. The lowest BCUT2D eigenvalue weighted by Gasteiger charge is -2.39. The minimum absolute atomic E-state index is 0.0257. The fraction of sp³-hybridized carbons (Fsp3) is 1.00. The highest BCUT2D eigenvalue weighted by Crippen LogP contribution is 2.31. The highest BCUT2D eigenvalue weighted by molar-refractivity contribution is 4.91. The zero-order chi connectivity index (χ0) is 11.9. The van der Waals surface area contributed by atoms with Gasteiger partial charge >= 0.3 is 0 Å². The van der Waals surface area contributed by atoms with Gasteiger partial charge in [-0.3, -0.25) is 0 Å². The maximum atomic E-state index is 9.53. The van der Waals surface area contributed by atoms with Crippen LogP contribution >= 0.6 is 0 Å². The molecule has 3 heteroatoms. The standard InChI is InChI=1S/C13H27NO2/c1-3-9-16-10-8-14-13(11-15)6-4-12(2)5-7-13/h12,14-15H,3-11H2,1-2H3. The molecule has 0 aromatic rings. The molecule has 1 rings (SSSR count). The van der Waals surface area contributed by atoms with Crippen molar-refractivity contribution >= 4 is 0 Å². The Kier molecular flexibility index (Phi) is 6.32. The van der Waals surface area contributed by atoms with E-state index in [9.17, 15) is 5.11 Å². The van der Waals surface area contributed by atoms with E-state index in [4.69, 9.17) is 4.74 Å². The molecule has 0 atom stereocenters. The molecule has 0 amide bonds. The molecule has 0 heterocycles. The quantitative estimate of drug-likeness (QED) is 0.656. The van der Waals surface area contributed by atoms with E-state index in [0.717, 1.165) is 44.9 Å².